The summed E-state index contributed by atoms with van der Waals surface area (Å²) in [6.07, 6.45) is 9.51. The van der Waals surface area contributed by atoms with Crippen LogP contribution in [0.1, 0.15) is 22.9 Å². The summed E-state index contributed by atoms with van der Waals surface area (Å²) in [5, 5.41) is 8.18. The number of halogens is 1. The molecule has 1 unspecified atom stereocenters. The van der Waals surface area contributed by atoms with Crippen LogP contribution in [0.25, 0.3) is 5.69 Å². The van der Waals surface area contributed by atoms with Crippen molar-refractivity contribution in [1.29, 1.82) is 0 Å². The van der Waals surface area contributed by atoms with Gasteiger partial charge in [0, 0.05) is 68.8 Å². The molecule has 1 aliphatic heterocycles. The predicted octanol–water partition coefficient (Wildman–Crippen LogP) is 2.54. The lowest BCUT2D eigenvalue weighted by atomic mass is 10.0. The zero-order chi connectivity index (χ0) is 17.1. The maximum absolute atomic E-state index is 4.68. The summed E-state index contributed by atoms with van der Waals surface area (Å²) >= 11 is 0. The molecule has 0 amide bonds. The maximum atomic E-state index is 4.68. The van der Waals surface area contributed by atoms with E-state index in [0.29, 0.717) is 6.04 Å². The third kappa shape index (κ3) is 3.93. The number of nitrogens with one attached hydrogen (secondary N) is 1. The highest BCUT2D eigenvalue weighted by atomic mass is 35.5. The minimum absolute atomic E-state index is 0. The number of aromatic nitrogens is 4. The first-order chi connectivity index (χ1) is 12.3. The van der Waals surface area contributed by atoms with Gasteiger partial charge in [0.05, 0.1) is 11.4 Å². The van der Waals surface area contributed by atoms with Gasteiger partial charge >= 0.3 is 0 Å². The molecule has 1 saturated heterocycles. The van der Waals surface area contributed by atoms with Crippen molar-refractivity contribution in [2.45, 2.75) is 19.5 Å². The molecule has 3 aromatic heterocycles. The Morgan fingerprint density at radius 2 is 2.00 bits per heavy atom. The summed E-state index contributed by atoms with van der Waals surface area (Å²) in [5.41, 5.74) is 4.62. The molecule has 4 heterocycles. The first-order valence-electron chi connectivity index (χ1n) is 8.61. The van der Waals surface area contributed by atoms with Crippen molar-refractivity contribution in [2.75, 3.05) is 19.6 Å². The number of pyridine rings is 2. The van der Waals surface area contributed by atoms with Crippen LogP contribution in [0.3, 0.4) is 0 Å². The van der Waals surface area contributed by atoms with Crippen LogP contribution in [-0.2, 0) is 6.54 Å². The van der Waals surface area contributed by atoms with Gasteiger partial charge in [0.25, 0.3) is 0 Å². The minimum Gasteiger partial charge on any atom is -0.314 e. The quantitative estimate of drug-likeness (QED) is 0.764. The molecule has 0 saturated carbocycles. The van der Waals surface area contributed by atoms with Gasteiger partial charge in [-0.15, -0.1) is 12.4 Å². The maximum Gasteiger partial charge on any atom is 0.0676 e. The second kappa shape index (κ2) is 8.40. The molecule has 26 heavy (non-hydrogen) atoms. The van der Waals surface area contributed by atoms with E-state index in [2.05, 4.69) is 44.5 Å². The Morgan fingerprint density at radius 1 is 1.15 bits per heavy atom. The average molecular weight is 371 g/mol. The monoisotopic (exact) mass is 370 g/mol. The zero-order valence-electron chi connectivity index (χ0n) is 14.7. The van der Waals surface area contributed by atoms with Gasteiger partial charge in [-0.3, -0.25) is 14.9 Å². The van der Waals surface area contributed by atoms with Crippen molar-refractivity contribution in [3.05, 3.63) is 72.1 Å². The average Bonchev–Trinajstić information content (AvgIpc) is 3.04. The van der Waals surface area contributed by atoms with Crippen molar-refractivity contribution >= 4 is 12.4 Å². The van der Waals surface area contributed by atoms with E-state index in [9.17, 15) is 0 Å². The standard InChI is InChI=1S/C19H22N6.ClH/c1-15-17(14-25(23-15)18-4-7-20-8-5-18)13-24-10-9-22-12-19(24)16-3-2-6-21-11-16;/h2-8,11,14,19,22H,9-10,12-13H2,1H3;1H. The molecule has 1 N–H and O–H groups in total. The molecule has 136 valence electrons. The number of hydrogen-bond acceptors (Lipinski definition) is 5. The van der Waals surface area contributed by atoms with E-state index < -0.39 is 0 Å². The molecule has 3 aromatic rings. The fourth-order valence-electron chi connectivity index (χ4n) is 3.34. The second-order valence-electron chi connectivity index (χ2n) is 6.37. The number of aryl methyl sites for hydroxylation is 1. The molecule has 1 atom stereocenters. The summed E-state index contributed by atoms with van der Waals surface area (Å²) < 4.78 is 1.94. The number of piperazine rings is 1. The predicted molar refractivity (Wildman–Crippen MR) is 104 cm³/mol. The molecule has 0 aromatic carbocycles. The van der Waals surface area contributed by atoms with Crippen LogP contribution in [0.2, 0.25) is 0 Å². The Kier molecular flexibility index (Phi) is 5.98. The Morgan fingerprint density at radius 3 is 2.77 bits per heavy atom. The molecular formula is C19H23ClN6. The summed E-state index contributed by atoms with van der Waals surface area (Å²) in [7, 11) is 0. The second-order valence-corrected chi connectivity index (χ2v) is 6.37. The Bertz CT molecular complexity index is 821. The molecule has 4 rings (SSSR count). The number of hydrogen-bond donors (Lipinski definition) is 1. The van der Waals surface area contributed by atoms with Crippen LogP contribution in [-0.4, -0.2) is 44.3 Å². The summed E-state index contributed by atoms with van der Waals surface area (Å²) in [4.78, 5) is 10.9. The Balaban J connectivity index is 0.00000196. The molecule has 0 spiro atoms. The number of nitrogens with zero attached hydrogens (tertiary/aromatic N) is 5. The molecule has 0 aliphatic carbocycles. The van der Waals surface area contributed by atoms with Gasteiger partial charge < -0.3 is 5.32 Å². The van der Waals surface area contributed by atoms with Crippen LogP contribution in [0.15, 0.2) is 55.2 Å². The molecule has 6 nitrogen and oxygen atoms in total. The molecular weight excluding hydrogens is 348 g/mol. The summed E-state index contributed by atoms with van der Waals surface area (Å²) in [6.45, 7) is 5.93. The highest BCUT2D eigenvalue weighted by molar-refractivity contribution is 5.85. The van der Waals surface area contributed by atoms with E-state index in [0.717, 1.165) is 37.6 Å². The molecule has 1 aliphatic rings. The molecule has 1 fully saturated rings. The zero-order valence-corrected chi connectivity index (χ0v) is 15.6. The van der Waals surface area contributed by atoms with E-state index in [4.69, 9.17) is 0 Å². The van der Waals surface area contributed by atoms with E-state index in [1.54, 1.807) is 12.4 Å². The topological polar surface area (TPSA) is 58.9 Å². The summed E-state index contributed by atoms with van der Waals surface area (Å²) in [6, 6.07) is 8.45. The smallest absolute Gasteiger partial charge is 0.0676 e. The highest BCUT2D eigenvalue weighted by Gasteiger charge is 2.25. The van der Waals surface area contributed by atoms with Crippen molar-refractivity contribution in [3.63, 3.8) is 0 Å². The Hall–Kier alpha value is -2.28. The third-order valence-corrected chi connectivity index (χ3v) is 4.72. The fraction of sp³-hybridized carbons (Fsp3) is 0.316. The molecule has 7 heteroatoms. The van der Waals surface area contributed by atoms with Crippen LogP contribution >= 0.6 is 12.4 Å². The van der Waals surface area contributed by atoms with Crippen molar-refractivity contribution < 1.29 is 0 Å². The first-order valence-corrected chi connectivity index (χ1v) is 8.61. The van der Waals surface area contributed by atoms with Gasteiger partial charge in [0.15, 0.2) is 0 Å². The number of rotatable bonds is 4. The van der Waals surface area contributed by atoms with Gasteiger partial charge in [-0.05, 0) is 30.7 Å². The summed E-state index contributed by atoms with van der Waals surface area (Å²) in [5.74, 6) is 0. The van der Waals surface area contributed by atoms with E-state index >= 15 is 0 Å². The van der Waals surface area contributed by atoms with Gasteiger partial charge in [0.2, 0.25) is 0 Å². The van der Waals surface area contributed by atoms with Gasteiger partial charge in [0.1, 0.15) is 0 Å². The van der Waals surface area contributed by atoms with E-state index in [1.807, 2.05) is 35.3 Å². The fourth-order valence-corrected chi connectivity index (χ4v) is 3.34. The van der Waals surface area contributed by atoms with E-state index in [1.165, 1.54) is 11.1 Å². The van der Waals surface area contributed by atoms with Crippen LogP contribution in [0, 0.1) is 6.92 Å². The molecule has 0 radical (unpaired) electrons. The minimum atomic E-state index is 0. The lowest BCUT2D eigenvalue weighted by Gasteiger charge is -2.36. The lowest BCUT2D eigenvalue weighted by molar-refractivity contribution is 0.153. The van der Waals surface area contributed by atoms with Gasteiger partial charge in [-0.25, -0.2) is 4.68 Å². The van der Waals surface area contributed by atoms with Crippen LogP contribution in [0.4, 0.5) is 0 Å². The van der Waals surface area contributed by atoms with Gasteiger partial charge in [-0.2, -0.15) is 5.10 Å². The highest BCUT2D eigenvalue weighted by Crippen LogP contribution is 2.24. The van der Waals surface area contributed by atoms with Crippen LogP contribution in [0.5, 0.6) is 0 Å². The normalized spacial score (nSPS) is 17.7. The van der Waals surface area contributed by atoms with Crippen molar-refractivity contribution in [1.82, 2.24) is 30.0 Å². The SMILES string of the molecule is Cc1nn(-c2ccncc2)cc1CN1CCNCC1c1cccnc1.Cl. The first kappa shape index (κ1) is 18.5. The van der Waals surface area contributed by atoms with Gasteiger partial charge in [-0.1, -0.05) is 6.07 Å². The largest absolute Gasteiger partial charge is 0.314 e. The lowest BCUT2D eigenvalue weighted by Crippen LogP contribution is -2.45. The third-order valence-electron chi connectivity index (χ3n) is 4.72. The molecule has 0 bridgehead atoms. The van der Waals surface area contributed by atoms with Crippen LogP contribution < -0.4 is 5.32 Å². The van der Waals surface area contributed by atoms with Crippen molar-refractivity contribution in [3.8, 4) is 5.69 Å². The van der Waals surface area contributed by atoms with E-state index in [-0.39, 0.29) is 12.4 Å². The Labute approximate surface area is 159 Å². The van der Waals surface area contributed by atoms with Crippen molar-refractivity contribution in [2.24, 2.45) is 0 Å².